The average molecular weight is 377 g/mol. The fourth-order valence-electron chi connectivity index (χ4n) is 3.37. The number of fused-ring (bicyclic) bond motifs is 2. The molecule has 1 saturated heterocycles. The summed E-state index contributed by atoms with van der Waals surface area (Å²) in [5.74, 6) is -0.373. The Kier molecular flexibility index (Phi) is 3.64. The van der Waals surface area contributed by atoms with Crippen LogP contribution in [0.25, 0.3) is 21.9 Å². The Morgan fingerprint density at radius 2 is 1.96 bits per heavy atom. The molecule has 1 fully saturated rings. The Bertz CT molecular complexity index is 1180. The molecule has 2 aromatic heterocycles. The first-order valence-corrected chi connectivity index (χ1v) is 9.31. The molecule has 0 aliphatic carbocycles. The van der Waals surface area contributed by atoms with E-state index in [1.807, 2.05) is 42.5 Å². The van der Waals surface area contributed by atoms with E-state index in [0.29, 0.717) is 29.9 Å². The molecule has 5 rings (SSSR count). The highest BCUT2D eigenvalue weighted by Crippen LogP contribution is 2.26. The predicted octanol–water partition coefficient (Wildman–Crippen LogP) is 2.88. The Morgan fingerprint density at radius 3 is 2.85 bits per heavy atom. The van der Waals surface area contributed by atoms with Crippen molar-refractivity contribution in [2.24, 2.45) is 5.92 Å². The molecular weight excluding hydrogens is 362 g/mol. The summed E-state index contributed by atoms with van der Waals surface area (Å²) >= 11 is 1.12. The zero-order valence-electron chi connectivity index (χ0n) is 14.2. The number of H-pyrrole nitrogens is 1. The molecule has 2 aromatic carbocycles. The summed E-state index contributed by atoms with van der Waals surface area (Å²) in [6, 6.07) is 13.2. The number of carbonyl (C=O) groups is 2. The van der Waals surface area contributed by atoms with Crippen LogP contribution in [0.4, 0.5) is 5.69 Å². The van der Waals surface area contributed by atoms with E-state index in [1.165, 1.54) is 0 Å². The van der Waals surface area contributed by atoms with Gasteiger partial charge < -0.3 is 15.2 Å². The van der Waals surface area contributed by atoms with Gasteiger partial charge >= 0.3 is 0 Å². The number of hydrogen-bond acceptors (Lipinski definition) is 5. The van der Waals surface area contributed by atoms with Gasteiger partial charge in [0.05, 0.1) is 28.9 Å². The van der Waals surface area contributed by atoms with E-state index < -0.39 is 0 Å². The van der Waals surface area contributed by atoms with Crippen molar-refractivity contribution in [1.29, 1.82) is 0 Å². The Labute approximate surface area is 158 Å². The third kappa shape index (κ3) is 2.65. The van der Waals surface area contributed by atoms with Crippen molar-refractivity contribution >= 4 is 51.2 Å². The molecule has 2 N–H and O–H groups in total. The molecular formula is C19H15N5O2S. The van der Waals surface area contributed by atoms with Crippen molar-refractivity contribution in [3.05, 3.63) is 54.2 Å². The highest BCUT2D eigenvalue weighted by molar-refractivity contribution is 7.00. The zero-order chi connectivity index (χ0) is 18.4. The van der Waals surface area contributed by atoms with Gasteiger partial charge in [-0.25, -0.2) is 0 Å². The minimum Gasteiger partial charge on any atom is -0.360 e. The summed E-state index contributed by atoms with van der Waals surface area (Å²) in [5, 5.41) is 3.82. The number of aromatic amines is 1. The van der Waals surface area contributed by atoms with Crippen LogP contribution in [0.2, 0.25) is 0 Å². The van der Waals surface area contributed by atoms with Gasteiger partial charge in [-0.1, -0.05) is 24.3 Å². The molecule has 27 heavy (non-hydrogen) atoms. The number of anilines is 1. The number of hydrogen-bond donors (Lipinski definition) is 2. The summed E-state index contributed by atoms with van der Waals surface area (Å²) in [7, 11) is 0. The number of nitrogens with one attached hydrogen (secondary N) is 2. The fraction of sp³-hybridized carbons (Fsp3) is 0.158. The lowest BCUT2D eigenvalue weighted by Crippen LogP contribution is -2.54. The summed E-state index contributed by atoms with van der Waals surface area (Å²) in [4.78, 5) is 30.1. The molecule has 4 aromatic rings. The summed E-state index contributed by atoms with van der Waals surface area (Å²) in [6.45, 7) is 0.824. The smallest absolute Gasteiger partial charge is 0.256 e. The van der Waals surface area contributed by atoms with Crippen LogP contribution in [0.15, 0.2) is 48.7 Å². The molecule has 1 aliphatic rings. The number of nitrogens with zero attached hydrogens (tertiary/aromatic N) is 3. The van der Waals surface area contributed by atoms with Gasteiger partial charge in [0.25, 0.3) is 5.91 Å². The number of carbonyl (C=O) groups excluding carboxylic acids is 2. The molecule has 2 amide bonds. The molecule has 134 valence electrons. The second kappa shape index (κ2) is 6.17. The first kappa shape index (κ1) is 16.0. The first-order chi connectivity index (χ1) is 13.2. The van der Waals surface area contributed by atoms with E-state index in [-0.39, 0.29) is 17.7 Å². The van der Waals surface area contributed by atoms with E-state index in [1.54, 1.807) is 11.1 Å². The van der Waals surface area contributed by atoms with Crippen LogP contribution in [0.3, 0.4) is 0 Å². The van der Waals surface area contributed by atoms with Crippen LogP contribution in [-0.4, -0.2) is 43.5 Å². The predicted molar refractivity (Wildman–Crippen MR) is 104 cm³/mol. The minimum atomic E-state index is -0.221. The number of benzene rings is 2. The van der Waals surface area contributed by atoms with Crippen molar-refractivity contribution in [3.63, 3.8) is 0 Å². The molecule has 3 heterocycles. The normalized spacial score (nSPS) is 14.4. The number of likely N-dealkylation sites (tertiary alicyclic amines) is 1. The monoisotopic (exact) mass is 377 g/mol. The lowest BCUT2D eigenvalue weighted by atomic mass is 9.97. The van der Waals surface area contributed by atoms with Gasteiger partial charge in [0.1, 0.15) is 11.0 Å². The molecule has 7 nitrogen and oxygen atoms in total. The van der Waals surface area contributed by atoms with Gasteiger partial charge in [-0.15, -0.1) is 0 Å². The van der Waals surface area contributed by atoms with Crippen LogP contribution >= 0.6 is 11.7 Å². The van der Waals surface area contributed by atoms with Crippen molar-refractivity contribution < 1.29 is 9.59 Å². The standard InChI is InChI=1S/C19H15N5O2S/c25-18(21-15-6-3-7-16-17(15)23-27-22-16)11-9-24(10-11)19(26)13-8-20-14-5-2-1-4-12(13)14/h1-8,11,20H,9-10H2,(H,21,25). The highest BCUT2D eigenvalue weighted by Gasteiger charge is 2.36. The number of amides is 2. The maximum atomic E-state index is 12.7. The van der Waals surface area contributed by atoms with Gasteiger partial charge in [-0.2, -0.15) is 8.75 Å². The van der Waals surface area contributed by atoms with Gasteiger partial charge in [0, 0.05) is 30.2 Å². The minimum absolute atomic E-state index is 0.0534. The topological polar surface area (TPSA) is 91.0 Å². The third-order valence-electron chi connectivity index (χ3n) is 4.90. The SMILES string of the molecule is O=C(Nc1cccc2nsnc12)C1CN(C(=O)c2c[nH]c3ccccc23)C1. The first-order valence-electron chi connectivity index (χ1n) is 8.58. The van der Waals surface area contributed by atoms with Crippen molar-refractivity contribution in [2.45, 2.75) is 0 Å². The van der Waals surface area contributed by atoms with Gasteiger partial charge in [0.15, 0.2) is 0 Å². The fourth-order valence-corrected chi connectivity index (χ4v) is 3.92. The summed E-state index contributed by atoms with van der Waals surface area (Å²) < 4.78 is 8.41. The van der Waals surface area contributed by atoms with Crippen LogP contribution in [0.5, 0.6) is 0 Å². The average Bonchev–Trinajstić information content (AvgIpc) is 3.27. The second-order valence-corrected chi connectivity index (χ2v) is 7.11. The van der Waals surface area contributed by atoms with Gasteiger partial charge in [0.2, 0.25) is 5.91 Å². The van der Waals surface area contributed by atoms with E-state index in [9.17, 15) is 9.59 Å². The van der Waals surface area contributed by atoms with Crippen LogP contribution in [0, 0.1) is 5.92 Å². The quantitative estimate of drug-likeness (QED) is 0.574. The molecule has 0 spiro atoms. The molecule has 1 aliphatic heterocycles. The van der Waals surface area contributed by atoms with E-state index in [2.05, 4.69) is 19.0 Å². The van der Waals surface area contributed by atoms with E-state index in [4.69, 9.17) is 0 Å². The van der Waals surface area contributed by atoms with Crippen LogP contribution in [0.1, 0.15) is 10.4 Å². The molecule has 0 atom stereocenters. The van der Waals surface area contributed by atoms with Crippen molar-refractivity contribution in [1.82, 2.24) is 18.6 Å². The third-order valence-corrected chi connectivity index (χ3v) is 5.45. The summed E-state index contributed by atoms with van der Waals surface area (Å²) in [6.07, 6.45) is 1.73. The Morgan fingerprint density at radius 1 is 1.11 bits per heavy atom. The van der Waals surface area contributed by atoms with E-state index >= 15 is 0 Å². The molecule has 0 radical (unpaired) electrons. The van der Waals surface area contributed by atoms with E-state index in [0.717, 1.165) is 28.1 Å². The molecule has 0 saturated carbocycles. The maximum Gasteiger partial charge on any atom is 0.256 e. The summed E-state index contributed by atoms with van der Waals surface area (Å²) in [5.41, 5.74) is 3.69. The number of rotatable bonds is 3. The molecule has 8 heteroatoms. The lowest BCUT2D eigenvalue weighted by Gasteiger charge is -2.38. The second-order valence-electron chi connectivity index (χ2n) is 6.58. The van der Waals surface area contributed by atoms with Crippen molar-refractivity contribution in [3.8, 4) is 0 Å². The zero-order valence-corrected chi connectivity index (χ0v) is 15.0. The lowest BCUT2D eigenvalue weighted by molar-refractivity contribution is -0.123. The Hall–Kier alpha value is -3.26. The van der Waals surface area contributed by atoms with Crippen LogP contribution < -0.4 is 5.32 Å². The maximum absolute atomic E-state index is 12.7. The van der Waals surface area contributed by atoms with Crippen molar-refractivity contribution in [2.75, 3.05) is 18.4 Å². The number of aromatic nitrogens is 3. The highest BCUT2D eigenvalue weighted by atomic mass is 32.1. The van der Waals surface area contributed by atoms with Gasteiger partial charge in [-0.3, -0.25) is 9.59 Å². The largest absolute Gasteiger partial charge is 0.360 e. The van der Waals surface area contributed by atoms with Crippen LogP contribution in [-0.2, 0) is 4.79 Å². The molecule has 0 unspecified atom stereocenters. The number of para-hydroxylation sites is 1. The molecule has 0 bridgehead atoms. The Balaban J connectivity index is 1.27. The van der Waals surface area contributed by atoms with Gasteiger partial charge in [-0.05, 0) is 18.2 Å².